The van der Waals surface area contributed by atoms with Crippen molar-refractivity contribution in [3.8, 4) is 12.3 Å². The molecule has 0 saturated heterocycles. The molecule has 0 aliphatic heterocycles. The Labute approximate surface area is 67.5 Å². The van der Waals surface area contributed by atoms with Crippen molar-refractivity contribution in [2.75, 3.05) is 0 Å². The summed E-state index contributed by atoms with van der Waals surface area (Å²) in [6, 6.07) is 10.2. The van der Waals surface area contributed by atoms with Crippen LogP contribution in [-0.4, -0.2) is 0 Å². The fourth-order valence-electron chi connectivity index (χ4n) is 0.483. The van der Waals surface area contributed by atoms with E-state index in [0.29, 0.717) is 0 Å². The zero-order chi connectivity index (χ0) is 5.82. The number of benzene rings is 1. The average molecular weight is 108 g/mol. The van der Waals surface area contributed by atoms with Crippen LogP contribution in [0.2, 0.25) is 0 Å². The van der Waals surface area contributed by atoms with Crippen molar-refractivity contribution in [2.45, 2.75) is 0 Å². The summed E-state index contributed by atoms with van der Waals surface area (Å²) in [5, 5.41) is 0. The van der Waals surface area contributed by atoms with Crippen LogP contribution in [0.15, 0.2) is 24.3 Å². The first-order chi connectivity index (χ1) is 3.93. The molecule has 0 fully saturated rings. The predicted molar refractivity (Wildman–Crippen MR) is 33.2 cm³/mol. The molecule has 0 unspecified atom stereocenters. The van der Waals surface area contributed by atoms with Crippen LogP contribution in [-0.2, 0) is 0 Å². The fourth-order valence-corrected chi connectivity index (χ4v) is 0.483. The molecule has 1 aromatic rings. The largest absolute Gasteiger partial charge is 1.00 e. The van der Waals surface area contributed by atoms with Gasteiger partial charge in [-0.3, -0.25) is 0 Å². The fraction of sp³-hybridized carbons (Fsp3) is 0. The molecular weight excluding hydrogens is 103 g/mol. The van der Waals surface area contributed by atoms with E-state index in [1.54, 1.807) is 12.1 Å². The van der Waals surface area contributed by atoms with Gasteiger partial charge in [0, 0.05) is 0 Å². The molecule has 0 N–H and O–H groups in total. The van der Waals surface area contributed by atoms with Crippen molar-refractivity contribution in [3.05, 3.63) is 35.9 Å². The van der Waals surface area contributed by atoms with E-state index in [0.717, 1.165) is 5.56 Å². The molecule has 0 saturated carbocycles. The van der Waals surface area contributed by atoms with Gasteiger partial charge in [0.2, 0.25) is 0 Å². The summed E-state index contributed by atoms with van der Waals surface area (Å²) in [6.07, 6.45) is 5.09. The third-order valence-corrected chi connectivity index (χ3v) is 0.885. The van der Waals surface area contributed by atoms with Crippen LogP contribution >= 0.6 is 0 Å². The van der Waals surface area contributed by atoms with Gasteiger partial charge >= 0.3 is 18.9 Å². The summed E-state index contributed by atoms with van der Waals surface area (Å²) in [6.45, 7) is 0. The molecule has 0 aromatic heterocycles. The molecule has 0 nitrogen and oxygen atoms in total. The maximum absolute atomic E-state index is 5.09. The van der Waals surface area contributed by atoms with Crippen molar-refractivity contribution in [1.29, 1.82) is 0 Å². The monoisotopic (exact) mass is 108 g/mol. The van der Waals surface area contributed by atoms with Crippen molar-refractivity contribution < 1.29 is 18.9 Å². The van der Waals surface area contributed by atoms with Crippen LogP contribution in [0.4, 0.5) is 0 Å². The van der Waals surface area contributed by atoms with E-state index in [9.17, 15) is 0 Å². The number of rotatable bonds is 0. The van der Waals surface area contributed by atoms with E-state index in [1.807, 2.05) is 12.1 Å². The van der Waals surface area contributed by atoms with Crippen molar-refractivity contribution in [3.63, 3.8) is 0 Å². The first-order valence-electron chi connectivity index (χ1n) is 2.36. The van der Waals surface area contributed by atoms with E-state index in [1.165, 1.54) is 0 Å². The van der Waals surface area contributed by atoms with Crippen LogP contribution in [0, 0.1) is 18.4 Å². The minimum Gasteiger partial charge on any atom is -0.184 e. The zero-order valence-electron chi connectivity index (χ0n) is 5.39. The maximum Gasteiger partial charge on any atom is 1.00 e. The summed E-state index contributed by atoms with van der Waals surface area (Å²) in [5.74, 6) is 2.51. The molecular formula is C8H5Li. The molecule has 38 valence electrons. The van der Waals surface area contributed by atoms with Crippen LogP contribution < -0.4 is 18.9 Å². The van der Waals surface area contributed by atoms with E-state index >= 15 is 0 Å². The van der Waals surface area contributed by atoms with Crippen molar-refractivity contribution in [1.82, 2.24) is 0 Å². The van der Waals surface area contributed by atoms with E-state index in [4.69, 9.17) is 6.42 Å². The smallest absolute Gasteiger partial charge is 0.184 e. The van der Waals surface area contributed by atoms with Gasteiger partial charge in [0.1, 0.15) is 0 Å². The van der Waals surface area contributed by atoms with Gasteiger partial charge in [0.25, 0.3) is 0 Å². The van der Waals surface area contributed by atoms with Crippen LogP contribution in [0.3, 0.4) is 0 Å². The number of hydrogen-bond acceptors (Lipinski definition) is 0. The zero-order valence-corrected chi connectivity index (χ0v) is 5.39. The topological polar surface area (TPSA) is 0 Å². The van der Waals surface area contributed by atoms with E-state index in [2.05, 4.69) is 12.0 Å². The molecule has 0 bridgehead atoms. The molecule has 1 rings (SSSR count). The van der Waals surface area contributed by atoms with Gasteiger partial charge in [-0.15, -0.1) is 6.42 Å². The molecule has 0 aliphatic rings. The second kappa shape index (κ2) is 4.28. The predicted octanol–water partition coefficient (Wildman–Crippen LogP) is -1.53. The summed E-state index contributed by atoms with van der Waals surface area (Å²) >= 11 is 0. The van der Waals surface area contributed by atoms with E-state index in [-0.39, 0.29) is 18.9 Å². The molecule has 1 aromatic carbocycles. The molecule has 0 radical (unpaired) electrons. The minimum absolute atomic E-state index is 0. The summed E-state index contributed by atoms with van der Waals surface area (Å²) < 4.78 is 0. The Kier molecular flexibility index (Phi) is 3.98. The van der Waals surface area contributed by atoms with E-state index < -0.39 is 0 Å². The minimum atomic E-state index is 0. The number of hydrogen-bond donors (Lipinski definition) is 0. The Balaban J connectivity index is 0.000000640. The van der Waals surface area contributed by atoms with Gasteiger partial charge in [0.05, 0.1) is 0 Å². The molecule has 1 heteroatoms. The molecule has 0 amide bonds. The Hall–Kier alpha value is -0.623. The van der Waals surface area contributed by atoms with Gasteiger partial charge in [0.15, 0.2) is 0 Å². The maximum atomic E-state index is 5.09. The summed E-state index contributed by atoms with van der Waals surface area (Å²) in [4.78, 5) is 0. The van der Waals surface area contributed by atoms with Gasteiger partial charge in [-0.1, -0.05) is 11.5 Å². The SMILES string of the molecule is C#Cc1cc[c-]cc1.[Li+]. The Morgan fingerprint density at radius 3 is 2.22 bits per heavy atom. The van der Waals surface area contributed by atoms with Crippen molar-refractivity contribution >= 4 is 0 Å². The molecule has 0 atom stereocenters. The van der Waals surface area contributed by atoms with Crippen molar-refractivity contribution in [2.24, 2.45) is 0 Å². The second-order valence-electron chi connectivity index (χ2n) is 1.43. The van der Waals surface area contributed by atoms with Gasteiger partial charge in [-0.25, -0.2) is 0 Å². The standard InChI is InChI=1S/C8H5.Li/c1-2-8-6-4-3-5-7-8;/h1,4-7H;/q-1;+1. The first-order valence-corrected chi connectivity index (χ1v) is 2.36. The van der Waals surface area contributed by atoms with Gasteiger partial charge in [-0.05, 0) is 0 Å². The van der Waals surface area contributed by atoms with Crippen LogP contribution in [0.25, 0.3) is 0 Å². The Morgan fingerprint density at radius 1 is 1.33 bits per heavy atom. The van der Waals surface area contributed by atoms with Crippen LogP contribution in [0.5, 0.6) is 0 Å². The van der Waals surface area contributed by atoms with Gasteiger partial charge in [-0.2, -0.15) is 30.3 Å². The summed E-state index contributed by atoms with van der Waals surface area (Å²) in [7, 11) is 0. The quantitative estimate of drug-likeness (QED) is 0.215. The normalized spacial score (nSPS) is 7.00. The second-order valence-corrected chi connectivity index (χ2v) is 1.43. The molecule has 9 heavy (non-hydrogen) atoms. The third-order valence-electron chi connectivity index (χ3n) is 0.885. The number of terminal acetylenes is 1. The summed E-state index contributed by atoms with van der Waals surface area (Å²) in [5.41, 5.74) is 0.906. The van der Waals surface area contributed by atoms with Gasteiger partial charge < -0.3 is 0 Å². The van der Waals surface area contributed by atoms with Crippen LogP contribution in [0.1, 0.15) is 5.56 Å². The molecule has 0 heterocycles. The third kappa shape index (κ3) is 2.43. The molecule has 0 spiro atoms. The Bertz CT molecular complexity index is 196. The Morgan fingerprint density at radius 2 is 1.89 bits per heavy atom. The molecule has 0 aliphatic carbocycles. The first kappa shape index (κ1) is 8.38. The average Bonchev–Trinajstić information content (AvgIpc) is 1.90.